The molecule has 0 amide bonds. The molecule has 0 spiro atoms. The van der Waals surface area contributed by atoms with Crippen LogP contribution in [0.2, 0.25) is 0 Å². The third kappa shape index (κ3) is 2.09. The summed E-state index contributed by atoms with van der Waals surface area (Å²) in [4.78, 5) is 15.8. The number of pyridine rings is 1. The molecule has 0 saturated heterocycles. The van der Waals surface area contributed by atoms with E-state index in [4.69, 9.17) is 9.47 Å². The number of aromatic amines is 1. The lowest BCUT2D eigenvalue weighted by Gasteiger charge is -2.36. The van der Waals surface area contributed by atoms with Crippen LogP contribution in [0.4, 0.5) is 0 Å². The largest absolute Gasteiger partial charge is 0.497 e. The van der Waals surface area contributed by atoms with Crippen molar-refractivity contribution in [3.63, 3.8) is 0 Å². The van der Waals surface area contributed by atoms with Gasteiger partial charge in [0.1, 0.15) is 11.6 Å². The van der Waals surface area contributed by atoms with Crippen LogP contribution in [0, 0.1) is 11.8 Å². The topological polar surface area (TPSA) is 55.2 Å². The summed E-state index contributed by atoms with van der Waals surface area (Å²) < 4.78 is 13.0. The highest BCUT2D eigenvalue weighted by Crippen LogP contribution is 2.38. The van der Waals surface area contributed by atoms with Gasteiger partial charge in [-0.2, -0.15) is 0 Å². The van der Waals surface area contributed by atoms with Gasteiger partial charge in [-0.1, -0.05) is 18.2 Å². The molecule has 0 saturated carbocycles. The third-order valence-corrected chi connectivity index (χ3v) is 5.97. The predicted octanol–water partition coefficient (Wildman–Crippen LogP) is 2.87. The zero-order chi connectivity index (χ0) is 17.8. The van der Waals surface area contributed by atoms with Gasteiger partial charge in [0.05, 0.1) is 24.9 Å². The molecule has 0 unspecified atom stereocenters. The molecule has 0 radical (unpaired) electrons. The number of nitrogens with one attached hydrogen (secondary N) is 1. The maximum Gasteiger partial charge on any atom is 0.337 e. The predicted molar refractivity (Wildman–Crippen MR) is 97.3 cm³/mol. The van der Waals surface area contributed by atoms with E-state index in [2.05, 4.69) is 46.9 Å². The highest BCUT2D eigenvalue weighted by Gasteiger charge is 2.45. The molecule has 2 aliphatic heterocycles. The average Bonchev–Trinajstić information content (AvgIpc) is 3.06. The Morgan fingerprint density at radius 1 is 1.27 bits per heavy atom. The number of fused-ring (bicyclic) bond motifs is 6. The van der Waals surface area contributed by atoms with Gasteiger partial charge in [-0.25, -0.2) is 9.36 Å². The number of H-pyrrole nitrogens is 1. The van der Waals surface area contributed by atoms with Gasteiger partial charge < -0.3 is 14.5 Å². The molecule has 3 atom stereocenters. The van der Waals surface area contributed by atoms with E-state index in [1.807, 2.05) is 6.07 Å². The number of para-hydroxylation sites is 1. The quantitative estimate of drug-likeness (QED) is 0.543. The minimum absolute atomic E-state index is 0.0764. The molecule has 1 N–H and O–H groups in total. The van der Waals surface area contributed by atoms with Crippen LogP contribution in [-0.2, 0) is 27.2 Å². The second-order valence-electron chi connectivity index (χ2n) is 7.25. The number of methoxy groups -OCH3 is 1. The molecule has 26 heavy (non-hydrogen) atoms. The van der Waals surface area contributed by atoms with Crippen LogP contribution in [0.25, 0.3) is 21.8 Å². The van der Waals surface area contributed by atoms with Crippen molar-refractivity contribution in [1.29, 1.82) is 0 Å². The molecule has 2 aromatic heterocycles. The first kappa shape index (κ1) is 15.4. The Morgan fingerprint density at radius 2 is 2.12 bits per heavy atom. The highest BCUT2D eigenvalue weighted by molar-refractivity contribution is 6.07. The summed E-state index contributed by atoms with van der Waals surface area (Å²) in [7, 11) is 1.43. The molecule has 0 aliphatic carbocycles. The fraction of sp³-hybridized carbons (Fsp3) is 0.333. The number of hydrogen-bond donors (Lipinski definition) is 1. The molecule has 5 rings (SSSR count). The van der Waals surface area contributed by atoms with Crippen molar-refractivity contribution in [2.75, 3.05) is 7.11 Å². The second kappa shape index (κ2) is 5.59. The Labute approximate surface area is 151 Å². The minimum atomic E-state index is -0.288. The van der Waals surface area contributed by atoms with Gasteiger partial charge in [0, 0.05) is 34.7 Å². The lowest BCUT2D eigenvalue weighted by molar-refractivity contribution is -0.717. The number of carbonyl (C=O) groups excluding carboxylic acids is 1. The average molecular weight is 349 g/mol. The van der Waals surface area contributed by atoms with E-state index in [1.165, 1.54) is 23.6 Å². The van der Waals surface area contributed by atoms with Gasteiger partial charge >= 0.3 is 5.97 Å². The van der Waals surface area contributed by atoms with Crippen molar-refractivity contribution in [2.45, 2.75) is 26.0 Å². The summed E-state index contributed by atoms with van der Waals surface area (Å²) in [5, 5.41) is 2.46. The summed E-state index contributed by atoms with van der Waals surface area (Å²) >= 11 is 0. The summed E-state index contributed by atoms with van der Waals surface area (Å²) in [6.07, 6.45) is 4.64. The van der Waals surface area contributed by atoms with Crippen LogP contribution >= 0.6 is 0 Å². The lowest BCUT2D eigenvalue weighted by atomic mass is 9.76. The fourth-order valence-electron chi connectivity index (χ4n) is 4.57. The van der Waals surface area contributed by atoms with Crippen LogP contribution in [0.3, 0.4) is 0 Å². The number of esters is 1. The van der Waals surface area contributed by atoms with Gasteiger partial charge in [0.25, 0.3) is 0 Å². The SMILES string of the molecule is COC(=O)C1=CO[C@H](C)[C@H]2C[n+]3ccc4c([nH]c5ccccc54)c3C[C@H]12. The minimum Gasteiger partial charge on any atom is -0.497 e. The fourth-order valence-corrected chi connectivity index (χ4v) is 4.57. The Morgan fingerprint density at radius 3 is 2.96 bits per heavy atom. The summed E-state index contributed by atoms with van der Waals surface area (Å²) in [5.74, 6) is 0.0841. The van der Waals surface area contributed by atoms with Crippen molar-refractivity contribution in [3.8, 4) is 0 Å². The normalized spacial score (nSPS) is 24.5. The Bertz CT molecular complexity index is 1070. The standard InChI is InChI=1S/C21H20N2O3/c1-12-16-10-23-8-7-14-13-5-3-4-6-18(13)22-20(14)19(23)9-15(16)17(11-26-12)21(24)25-2/h3-8,11-12,15-16H,9-10H2,1-2H3/p+1/t12-,15+,16-/m1/s1. The van der Waals surface area contributed by atoms with Gasteiger partial charge in [-0.3, -0.25) is 0 Å². The number of nitrogens with zero attached hydrogens (tertiary/aromatic N) is 1. The number of benzene rings is 1. The molecule has 0 bridgehead atoms. The Balaban J connectivity index is 1.68. The number of hydrogen-bond acceptors (Lipinski definition) is 3. The molecular weight excluding hydrogens is 328 g/mol. The van der Waals surface area contributed by atoms with E-state index in [1.54, 1.807) is 6.26 Å². The van der Waals surface area contributed by atoms with E-state index in [0.29, 0.717) is 5.57 Å². The monoisotopic (exact) mass is 349 g/mol. The van der Waals surface area contributed by atoms with Crippen LogP contribution in [-0.4, -0.2) is 24.2 Å². The Kier molecular flexibility index (Phi) is 3.32. The number of ether oxygens (including phenoxy) is 2. The van der Waals surface area contributed by atoms with Crippen molar-refractivity contribution < 1.29 is 18.8 Å². The highest BCUT2D eigenvalue weighted by atomic mass is 16.5. The van der Waals surface area contributed by atoms with Crippen molar-refractivity contribution >= 4 is 27.8 Å². The zero-order valence-corrected chi connectivity index (χ0v) is 14.9. The van der Waals surface area contributed by atoms with Crippen LogP contribution < -0.4 is 4.57 Å². The molecular formula is C21H21N2O3+. The molecule has 4 heterocycles. The van der Waals surface area contributed by atoms with Gasteiger partial charge in [0.2, 0.25) is 5.69 Å². The third-order valence-electron chi connectivity index (χ3n) is 5.97. The van der Waals surface area contributed by atoms with Crippen LogP contribution in [0.1, 0.15) is 12.6 Å². The second-order valence-corrected chi connectivity index (χ2v) is 7.25. The number of aromatic nitrogens is 2. The van der Waals surface area contributed by atoms with Gasteiger partial charge in [-0.15, -0.1) is 0 Å². The Hall–Kier alpha value is -2.82. The smallest absolute Gasteiger partial charge is 0.337 e. The van der Waals surface area contributed by atoms with E-state index in [9.17, 15) is 4.79 Å². The molecule has 5 heteroatoms. The van der Waals surface area contributed by atoms with Crippen molar-refractivity contribution in [3.05, 3.63) is 54.1 Å². The van der Waals surface area contributed by atoms with E-state index < -0.39 is 0 Å². The van der Waals surface area contributed by atoms with Gasteiger partial charge in [0.15, 0.2) is 12.7 Å². The van der Waals surface area contributed by atoms with Crippen LogP contribution in [0.15, 0.2) is 48.4 Å². The first-order valence-corrected chi connectivity index (χ1v) is 9.03. The number of carbonyl (C=O) groups is 1. The summed E-state index contributed by atoms with van der Waals surface area (Å²) in [6.45, 7) is 2.91. The zero-order valence-electron chi connectivity index (χ0n) is 14.9. The maximum atomic E-state index is 12.3. The van der Waals surface area contributed by atoms with Crippen molar-refractivity contribution in [1.82, 2.24) is 4.98 Å². The lowest BCUT2D eigenvalue weighted by Crippen LogP contribution is -2.53. The van der Waals surface area contributed by atoms with E-state index in [-0.39, 0.29) is 23.9 Å². The molecule has 5 nitrogen and oxygen atoms in total. The van der Waals surface area contributed by atoms with Gasteiger partial charge in [-0.05, 0) is 13.0 Å². The molecule has 3 aromatic rings. The van der Waals surface area contributed by atoms with E-state index >= 15 is 0 Å². The van der Waals surface area contributed by atoms with Crippen LogP contribution in [0.5, 0.6) is 0 Å². The first-order chi connectivity index (χ1) is 12.7. The molecule has 2 aliphatic rings. The summed E-state index contributed by atoms with van der Waals surface area (Å²) in [5.41, 5.74) is 4.19. The summed E-state index contributed by atoms with van der Waals surface area (Å²) in [6, 6.07) is 10.5. The van der Waals surface area contributed by atoms with E-state index in [0.717, 1.165) is 24.0 Å². The van der Waals surface area contributed by atoms with Crippen molar-refractivity contribution in [2.24, 2.45) is 11.8 Å². The number of rotatable bonds is 1. The first-order valence-electron chi connectivity index (χ1n) is 9.03. The molecule has 132 valence electrons. The molecule has 0 fully saturated rings. The maximum absolute atomic E-state index is 12.3. The molecule has 1 aromatic carbocycles.